The minimum atomic E-state index is -0.335. The highest BCUT2D eigenvalue weighted by Gasteiger charge is 2.06. The Hall–Kier alpha value is -0.450. The lowest BCUT2D eigenvalue weighted by atomic mass is 10.1. The second-order valence-electron chi connectivity index (χ2n) is 2.88. The molecule has 2 nitrogen and oxygen atoms in total. The van der Waals surface area contributed by atoms with Crippen molar-refractivity contribution < 1.29 is 9.50 Å². The Kier molecular flexibility index (Phi) is 3.84. The highest BCUT2D eigenvalue weighted by atomic mass is 79.9. The molecule has 0 fully saturated rings. The van der Waals surface area contributed by atoms with Crippen molar-refractivity contribution in [2.45, 2.75) is 12.5 Å². The Bertz CT molecular complexity index is 293. The summed E-state index contributed by atoms with van der Waals surface area (Å²) in [5.74, 6) is -0.289. The predicted molar refractivity (Wildman–Crippen MR) is 52.9 cm³/mol. The minimum Gasteiger partial charge on any atom is -0.395 e. The zero-order valence-electron chi connectivity index (χ0n) is 7.00. The fourth-order valence-electron chi connectivity index (χ4n) is 1.05. The molecule has 1 unspecified atom stereocenters. The zero-order valence-corrected chi connectivity index (χ0v) is 8.59. The van der Waals surface area contributed by atoms with Crippen molar-refractivity contribution in [2.24, 2.45) is 5.73 Å². The van der Waals surface area contributed by atoms with E-state index in [1.54, 1.807) is 6.07 Å². The lowest BCUT2D eigenvalue weighted by molar-refractivity contribution is 0.265. The third-order valence-electron chi connectivity index (χ3n) is 1.72. The number of nitrogens with two attached hydrogens (primary N) is 1. The summed E-state index contributed by atoms with van der Waals surface area (Å²) in [7, 11) is 0. The van der Waals surface area contributed by atoms with Crippen molar-refractivity contribution in [1.82, 2.24) is 0 Å². The van der Waals surface area contributed by atoms with Crippen LogP contribution in [0.1, 0.15) is 5.56 Å². The monoisotopic (exact) mass is 247 g/mol. The molecule has 0 amide bonds. The molecule has 0 heterocycles. The maximum Gasteiger partial charge on any atom is 0.123 e. The maximum absolute atomic E-state index is 12.8. The van der Waals surface area contributed by atoms with E-state index in [1.807, 2.05) is 0 Å². The van der Waals surface area contributed by atoms with E-state index in [-0.39, 0.29) is 18.5 Å². The molecule has 0 saturated heterocycles. The predicted octanol–water partition coefficient (Wildman–Crippen LogP) is 1.45. The van der Waals surface area contributed by atoms with Crippen LogP contribution in [0.25, 0.3) is 0 Å². The van der Waals surface area contributed by atoms with Crippen LogP contribution in [-0.2, 0) is 6.42 Å². The fraction of sp³-hybridized carbons (Fsp3) is 0.333. The van der Waals surface area contributed by atoms with Gasteiger partial charge in [0.15, 0.2) is 0 Å². The van der Waals surface area contributed by atoms with Gasteiger partial charge in [0.25, 0.3) is 0 Å². The van der Waals surface area contributed by atoms with Crippen LogP contribution in [0.5, 0.6) is 0 Å². The molecule has 0 aliphatic carbocycles. The minimum absolute atomic E-state index is 0.0943. The van der Waals surface area contributed by atoms with Crippen LogP contribution in [-0.4, -0.2) is 17.8 Å². The van der Waals surface area contributed by atoms with E-state index in [9.17, 15) is 4.39 Å². The molecule has 1 aromatic rings. The number of rotatable bonds is 3. The number of aliphatic hydroxyl groups excluding tert-OH is 1. The Labute approximate surface area is 84.7 Å². The van der Waals surface area contributed by atoms with Gasteiger partial charge in [-0.1, -0.05) is 15.9 Å². The Balaban J connectivity index is 2.81. The molecule has 0 saturated carbocycles. The summed E-state index contributed by atoms with van der Waals surface area (Å²) in [5.41, 5.74) is 6.31. The van der Waals surface area contributed by atoms with Gasteiger partial charge < -0.3 is 10.8 Å². The molecule has 1 atom stereocenters. The van der Waals surface area contributed by atoms with E-state index in [0.29, 0.717) is 6.42 Å². The molecule has 4 heteroatoms. The second-order valence-corrected chi connectivity index (χ2v) is 3.74. The van der Waals surface area contributed by atoms with Crippen molar-refractivity contribution >= 4 is 15.9 Å². The van der Waals surface area contributed by atoms with E-state index in [4.69, 9.17) is 10.8 Å². The van der Waals surface area contributed by atoms with Crippen molar-refractivity contribution in [3.63, 3.8) is 0 Å². The summed E-state index contributed by atoms with van der Waals surface area (Å²) >= 11 is 3.28. The van der Waals surface area contributed by atoms with E-state index in [1.165, 1.54) is 12.1 Å². The van der Waals surface area contributed by atoms with Gasteiger partial charge in [-0.3, -0.25) is 0 Å². The maximum atomic E-state index is 12.8. The Morgan fingerprint density at radius 1 is 1.54 bits per heavy atom. The van der Waals surface area contributed by atoms with Crippen LogP contribution >= 0.6 is 15.9 Å². The van der Waals surface area contributed by atoms with E-state index in [2.05, 4.69) is 15.9 Å². The highest BCUT2D eigenvalue weighted by Crippen LogP contribution is 2.18. The van der Waals surface area contributed by atoms with Crippen molar-refractivity contribution in [3.05, 3.63) is 34.1 Å². The lowest BCUT2D eigenvalue weighted by Crippen LogP contribution is -2.27. The van der Waals surface area contributed by atoms with Gasteiger partial charge in [0, 0.05) is 10.5 Å². The second kappa shape index (κ2) is 4.69. The van der Waals surface area contributed by atoms with Gasteiger partial charge in [0.2, 0.25) is 0 Å². The average Bonchev–Trinajstić information content (AvgIpc) is 2.11. The van der Waals surface area contributed by atoms with Crippen LogP contribution in [0.3, 0.4) is 0 Å². The molecule has 72 valence electrons. The first-order valence-corrected chi connectivity index (χ1v) is 4.73. The first-order valence-electron chi connectivity index (χ1n) is 3.94. The largest absolute Gasteiger partial charge is 0.395 e. The number of benzene rings is 1. The van der Waals surface area contributed by atoms with Gasteiger partial charge in [0.05, 0.1) is 6.61 Å². The third kappa shape index (κ3) is 3.06. The van der Waals surface area contributed by atoms with Crippen molar-refractivity contribution in [3.8, 4) is 0 Å². The summed E-state index contributed by atoms with van der Waals surface area (Å²) in [5, 5.41) is 8.72. The number of halogens is 2. The Morgan fingerprint density at radius 2 is 2.23 bits per heavy atom. The van der Waals surface area contributed by atoms with Crippen molar-refractivity contribution in [2.75, 3.05) is 6.61 Å². The quantitative estimate of drug-likeness (QED) is 0.850. The van der Waals surface area contributed by atoms with Gasteiger partial charge in [-0.2, -0.15) is 0 Å². The first-order chi connectivity index (χ1) is 6.13. The summed E-state index contributed by atoms with van der Waals surface area (Å²) < 4.78 is 13.6. The van der Waals surface area contributed by atoms with Gasteiger partial charge in [-0.25, -0.2) is 4.39 Å². The summed E-state index contributed by atoms with van der Waals surface area (Å²) in [6, 6.07) is 4.09. The molecule has 1 rings (SSSR count). The molecule has 0 bridgehead atoms. The summed E-state index contributed by atoms with van der Waals surface area (Å²) in [6.45, 7) is -0.0943. The first kappa shape index (κ1) is 10.6. The van der Waals surface area contributed by atoms with Crippen LogP contribution < -0.4 is 5.73 Å². The van der Waals surface area contributed by atoms with Gasteiger partial charge in [-0.05, 0) is 30.2 Å². The summed E-state index contributed by atoms with van der Waals surface area (Å²) in [6.07, 6.45) is 0.467. The van der Waals surface area contributed by atoms with E-state index >= 15 is 0 Å². The highest BCUT2D eigenvalue weighted by molar-refractivity contribution is 9.10. The molecule has 0 spiro atoms. The van der Waals surface area contributed by atoms with Gasteiger partial charge >= 0.3 is 0 Å². The van der Waals surface area contributed by atoms with Crippen LogP contribution in [0, 0.1) is 5.82 Å². The topological polar surface area (TPSA) is 46.2 Å². The molecule has 13 heavy (non-hydrogen) atoms. The molecular weight excluding hydrogens is 237 g/mol. The number of aliphatic hydroxyl groups is 1. The molecule has 0 radical (unpaired) electrons. The van der Waals surface area contributed by atoms with Gasteiger partial charge in [-0.15, -0.1) is 0 Å². The molecule has 0 aliphatic rings. The normalized spacial score (nSPS) is 12.9. The number of hydrogen-bond acceptors (Lipinski definition) is 2. The molecule has 0 aliphatic heterocycles. The van der Waals surface area contributed by atoms with E-state index in [0.717, 1.165) is 10.0 Å². The van der Waals surface area contributed by atoms with Crippen LogP contribution in [0.2, 0.25) is 0 Å². The third-order valence-corrected chi connectivity index (χ3v) is 2.50. The fourth-order valence-corrected chi connectivity index (χ4v) is 1.46. The van der Waals surface area contributed by atoms with Crippen molar-refractivity contribution in [1.29, 1.82) is 0 Å². The molecule has 3 N–H and O–H groups in total. The zero-order chi connectivity index (χ0) is 9.84. The Morgan fingerprint density at radius 3 is 2.85 bits per heavy atom. The molecular formula is C9H11BrFNO. The van der Waals surface area contributed by atoms with E-state index < -0.39 is 0 Å². The number of hydrogen-bond donors (Lipinski definition) is 2. The SMILES string of the molecule is NC(CO)Cc1cc(F)ccc1Br. The average molecular weight is 248 g/mol. The lowest BCUT2D eigenvalue weighted by Gasteiger charge is -2.09. The van der Waals surface area contributed by atoms with Crippen LogP contribution in [0.15, 0.2) is 22.7 Å². The molecule has 0 aromatic heterocycles. The smallest absolute Gasteiger partial charge is 0.123 e. The summed E-state index contributed by atoms with van der Waals surface area (Å²) in [4.78, 5) is 0. The van der Waals surface area contributed by atoms with Crippen LogP contribution in [0.4, 0.5) is 4.39 Å². The standard InChI is InChI=1S/C9H11BrFNO/c10-9-2-1-7(11)3-6(9)4-8(12)5-13/h1-3,8,13H,4-5,12H2. The molecule has 1 aromatic carbocycles. The van der Waals surface area contributed by atoms with Gasteiger partial charge in [0.1, 0.15) is 5.82 Å².